The van der Waals surface area contributed by atoms with E-state index in [0.29, 0.717) is 26.1 Å². The quantitative estimate of drug-likeness (QED) is 0.314. The van der Waals surface area contributed by atoms with E-state index in [2.05, 4.69) is 24.6 Å². The van der Waals surface area contributed by atoms with E-state index in [0.717, 1.165) is 12.5 Å². The zero-order valence-corrected chi connectivity index (χ0v) is 21.1. The smallest absolute Gasteiger partial charge is 0.371 e. The largest absolute Gasteiger partial charge is 0.380 e. The van der Waals surface area contributed by atoms with Gasteiger partial charge in [-0.1, -0.05) is 0 Å². The van der Waals surface area contributed by atoms with Crippen molar-refractivity contribution >= 4 is 58.7 Å². The Labute approximate surface area is 206 Å². The van der Waals surface area contributed by atoms with Gasteiger partial charge in [-0.05, 0) is 48.5 Å². The number of hydrogen-bond acceptors (Lipinski definition) is 11. The SMILES string of the molecule is CS(=O)(=O)N(c1ccc(Nc2ncc3cnn(-c4ccc(OS(N)(=O)=O)cc4)c3n2)cc1)S(C)(=O)=O. The molecule has 190 valence electrons. The summed E-state index contributed by atoms with van der Waals surface area (Å²) in [6.45, 7) is 0. The van der Waals surface area contributed by atoms with Gasteiger partial charge >= 0.3 is 10.3 Å². The zero-order valence-electron chi connectivity index (χ0n) is 18.7. The van der Waals surface area contributed by atoms with Gasteiger partial charge in [0.25, 0.3) is 0 Å². The number of nitrogens with zero attached hydrogens (tertiary/aromatic N) is 5. The standard InChI is InChI=1S/C19H19N7O7S3/c1-34(27,28)26(35(2,29)30)16-5-3-14(4-6-16)23-19-21-11-13-12-22-25(18(13)24-19)15-7-9-17(10-8-15)33-36(20,31)32/h3-12H,1-2H3,(H2,20,31,32)(H,21,23,24). The lowest BCUT2D eigenvalue weighted by atomic mass is 10.3. The molecule has 2 aromatic heterocycles. The number of hydrogen-bond donors (Lipinski definition) is 2. The van der Waals surface area contributed by atoms with Crippen molar-refractivity contribution in [2.24, 2.45) is 5.14 Å². The fraction of sp³-hybridized carbons (Fsp3) is 0.105. The van der Waals surface area contributed by atoms with Crippen molar-refractivity contribution in [1.82, 2.24) is 19.7 Å². The molecule has 0 unspecified atom stereocenters. The summed E-state index contributed by atoms with van der Waals surface area (Å²) >= 11 is 0. The molecule has 0 aliphatic rings. The topological polar surface area (TPSA) is 197 Å². The van der Waals surface area contributed by atoms with Gasteiger partial charge in [0.1, 0.15) is 5.75 Å². The Kier molecular flexibility index (Phi) is 6.33. The predicted molar refractivity (Wildman–Crippen MR) is 132 cm³/mol. The fourth-order valence-corrected chi connectivity index (χ4v) is 6.62. The van der Waals surface area contributed by atoms with Crippen LogP contribution in [0.15, 0.2) is 60.9 Å². The van der Waals surface area contributed by atoms with Crippen molar-refractivity contribution in [2.45, 2.75) is 0 Å². The molecule has 0 aliphatic heterocycles. The van der Waals surface area contributed by atoms with Crippen molar-refractivity contribution in [3.8, 4) is 11.4 Å². The molecule has 0 bridgehead atoms. The van der Waals surface area contributed by atoms with Crippen LogP contribution in [0.4, 0.5) is 17.3 Å². The van der Waals surface area contributed by atoms with Crippen LogP contribution in [0.1, 0.15) is 0 Å². The number of nitrogens with one attached hydrogen (secondary N) is 1. The van der Waals surface area contributed by atoms with Crippen molar-refractivity contribution < 1.29 is 29.4 Å². The van der Waals surface area contributed by atoms with E-state index in [1.165, 1.54) is 47.3 Å². The summed E-state index contributed by atoms with van der Waals surface area (Å²) < 4.78 is 76.4. The molecule has 0 atom stereocenters. The molecule has 3 N–H and O–H groups in total. The molecule has 0 amide bonds. The average Bonchev–Trinajstić information content (AvgIpc) is 3.16. The number of fused-ring (bicyclic) bond motifs is 1. The van der Waals surface area contributed by atoms with Gasteiger partial charge in [-0.25, -0.2) is 26.5 Å². The van der Waals surface area contributed by atoms with Gasteiger partial charge < -0.3 is 9.50 Å². The molecule has 0 saturated carbocycles. The lowest BCUT2D eigenvalue weighted by Gasteiger charge is -2.19. The zero-order chi connectivity index (χ0) is 26.3. The second-order valence-corrected chi connectivity index (χ2v) is 12.5. The van der Waals surface area contributed by atoms with E-state index in [9.17, 15) is 25.3 Å². The fourth-order valence-electron chi connectivity index (χ4n) is 3.27. The van der Waals surface area contributed by atoms with E-state index in [4.69, 9.17) is 5.14 Å². The van der Waals surface area contributed by atoms with E-state index in [-0.39, 0.29) is 17.4 Å². The van der Waals surface area contributed by atoms with Crippen LogP contribution in [0, 0.1) is 0 Å². The van der Waals surface area contributed by atoms with Gasteiger partial charge in [-0.2, -0.15) is 27.3 Å². The third-order valence-corrected chi connectivity index (χ3v) is 8.22. The third-order valence-electron chi connectivity index (χ3n) is 4.54. The Morgan fingerprint density at radius 1 is 0.889 bits per heavy atom. The molecule has 0 saturated heterocycles. The summed E-state index contributed by atoms with van der Waals surface area (Å²) in [5, 5.41) is 12.7. The molecule has 2 aromatic carbocycles. The van der Waals surface area contributed by atoms with Crippen LogP contribution in [-0.2, 0) is 30.4 Å². The minimum atomic E-state index is -4.15. The van der Waals surface area contributed by atoms with Crippen LogP contribution in [0.2, 0.25) is 0 Å². The number of benzene rings is 2. The Bertz CT molecular complexity index is 1720. The molecule has 4 aromatic rings. The summed E-state index contributed by atoms with van der Waals surface area (Å²) in [5.41, 5.74) is 1.41. The summed E-state index contributed by atoms with van der Waals surface area (Å²) in [6.07, 6.45) is 4.68. The summed E-state index contributed by atoms with van der Waals surface area (Å²) in [4.78, 5) is 8.67. The molecular weight excluding hydrogens is 534 g/mol. The lowest BCUT2D eigenvalue weighted by molar-refractivity contribution is 0.487. The second-order valence-electron chi connectivity index (χ2n) is 7.49. The first-order valence-electron chi connectivity index (χ1n) is 9.82. The van der Waals surface area contributed by atoms with Gasteiger partial charge in [0.15, 0.2) is 5.65 Å². The molecule has 2 heterocycles. The van der Waals surface area contributed by atoms with Crippen LogP contribution < -0.4 is 18.3 Å². The molecule has 0 radical (unpaired) electrons. The maximum Gasteiger partial charge on any atom is 0.380 e. The minimum Gasteiger partial charge on any atom is -0.371 e. The van der Waals surface area contributed by atoms with Gasteiger partial charge in [-0.3, -0.25) is 0 Å². The molecule has 14 nitrogen and oxygen atoms in total. The number of sulfonamides is 2. The number of nitrogens with two attached hydrogens (primary N) is 1. The van der Waals surface area contributed by atoms with Crippen LogP contribution >= 0.6 is 0 Å². The monoisotopic (exact) mass is 553 g/mol. The Hall–Kier alpha value is -3.80. The molecule has 0 spiro atoms. The van der Waals surface area contributed by atoms with Crippen molar-refractivity contribution in [3.05, 3.63) is 60.9 Å². The first-order valence-corrected chi connectivity index (χ1v) is 15.0. The lowest BCUT2D eigenvalue weighted by Crippen LogP contribution is -2.35. The number of aromatic nitrogens is 4. The van der Waals surface area contributed by atoms with Crippen molar-refractivity contribution in [3.63, 3.8) is 0 Å². The predicted octanol–water partition coefficient (Wildman–Crippen LogP) is 0.867. The summed E-state index contributed by atoms with van der Waals surface area (Å²) in [5.74, 6) is 0.220. The van der Waals surface area contributed by atoms with Crippen molar-refractivity contribution in [1.29, 1.82) is 0 Å². The number of anilines is 3. The highest BCUT2D eigenvalue weighted by Gasteiger charge is 2.27. The maximum absolute atomic E-state index is 11.9. The highest BCUT2D eigenvalue weighted by atomic mass is 32.3. The van der Waals surface area contributed by atoms with E-state index < -0.39 is 30.4 Å². The summed E-state index contributed by atoms with van der Waals surface area (Å²) in [7, 11) is -12.3. The van der Waals surface area contributed by atoms with Crippen LogP contribution in [0.5, 0.6) is 5.75 Å². The molecule has 36 heavy (non-hydrogen) atoms. The van der Waals surface area contributed by atoms with Gasteiger partial charge in [-0.15, -0.1) is 0 Å². The number of rotatable bonds is 8. The second kappa shape index (κ2) is 9.01. The molecule has 0 fully saturated rings. The normalized spacial score (nSPS) is 12.4. The Morgan fingerprint density at radius 2 is 1.50 bits per heavy atom. The van der Waals surface area contributed by atoms with Gasteiger partial charge in [0.2, 0.25) is 26.0 Å². The van der Waals surface area contributed by atoms with Crippen LogP contribution in [0.25, 0.3) is 16.7 Å². The van der Waals surface area contributed by atoms with E-state index in [1.54, 1.807) is 18.3 Å². The molecule has 4 rings (SSSR count). The Balaban J connectivity index is 1.60. The summed E-state index contributed by atoms with van der Waals surface area (Å²) in [6, 6.07) is 11.6. The van der Waals surface area contributed by atoms with Gasteiger partial charge in [0.05, 0.1) is 35.5 Å². The van der Waals surface area contributed by atoms with E-state index >= 15 is 0 Å². The third kappa shape index (κ3) is 5.70. The average molecular weight is 554 g/mol. The first kappa shape index (κ1) is 25.3. The minimum absolute atomic E-state index is 0.0310. The Morgan fingerprint density at radius 3 is 2.06 bits per heavy atom. The molecule has 0 aliphatic carbocycles. The highest BCUT2D eigenvalue weighted by Crippen LogP contribution is 2.25. The van der Waals surface area contributed by atoms with E-state index in [1.807, 2.05) is 0 Å². The van der Waals surface area contributed by atoms with Crippen molar-refractivity contribution in [2.75, 3.05) is 21.5 Å². The van der Waals surface area contributed by atoms with Crippen LogP contribution in [0.3, 0.4) is 0 Å². The highest BCUT2D eigenvalue weighted by molar-refractivity contribution is 8.09. The first-order chi connectivity index (χ1) is 16.7. The molecule has 17 heteroatoms. The van der Waals surface area contributed by atoms with Gasteiger partial charge in [0, 0.05) is 11.9 Å². The van der Waals surface area contributed by atoms with Crippen LogP contribution in [-0.4, -0.2) is 57.5 Å². The molecular formula is C19H19N7O7S3. The maximum atomic E-state index is 11.9.